The van der Waals surface area contributed by atoms with Gasteiger partial charge in [0, 0.05) is 19.1 Å². The van der Waals surface area contributed by atoms with Crippen molar-refractivity contribution in [3.8, 4) is 0 Å². The maximum atomic E-state index is 12.4. The molecule has 1 aromatic rings. The highest BCUT2D eigenvalue weighted by Crippen LogP contribution is 2.37. The van der Waals surface area contributed by atoms with Crippen molar-refractivity contribution >= 4 is 12.0 Å². The number of rotatable bonds is 3. The summed E-state index contributed by atoms with van der Waals surface area (Å²) in [5.74, 6) is -0.207. The zero-order valence-corrected chi connectivity index (χ0v) is 12.9. The van der Waals surface area contributed by atoms with E-state index in [0.717, 1.165) is 18.4 Å². The molecule has 1 saturated carbocycles. The molecule has 5 nitrogen and oxygen atoms in total. The van der Waals surface area contributed by atoms with Gasteiger partial charge in [-0.15, -0.1) is 0 Å². The molecule has 0 bridgehead atoms. The van der Waals surface area contributed by atoms with Crippen LogP contribution in [0.4, 0.5) is 4.79 Å². The summed E-state index contributed by atoms with van der Waals surface area (Å²) < 4.78 is 5.06. The van der Waals surface area contributed by atoms with Gasteiger partial charge >= 0.3 is 12.0 Å². The Balaban J connectivity index is 1.73. The topological polar surface area (TPSA) is 58.6 Å². The van der Waals surface area contributed by atoms with E-state index in [-0.39, 0.29) is 12.0 Å². The molecule has 0 radical (unpaired) electrons. The fourth-order valence-corrected chi connectivity index (χ4v) is 3.15. The Morgan fingerprint density at radius 3 is 2.36 bits per heavy atom. The molecule has 1 aromatic carbocycles. The fraction of sp³-hybridized carbons (Fsp3) is 0.529. The number of carbonyl (C=O) groups excluding carboxylic acids is 2. The molecule has 1 saturated heterocycles. The SMILES string of the molecule is COC(=O)C1(c2ccccc2)CCN(C(=O)NC2CC2)CC1. The smallest absolute Gasteiger partial charge is 0.317 e. The lowest BCUT2D eigenvalue weighted by atomic mass is 9.73. The molecule has 1 aliphatic heterocycles. The number of benzene rings is 1. The molecule has 2 fully saturated rings. The number of likely N-dealkylation sites (tertiary alicyclic amines) is 1. The van der Waals surface area contributed by atoms with E-state index in [2.05, 4.69) is 5.32 Å². The summed E-state index contributed by atoms with van der Waals surface area (Å²) in [5, 5.41) is 3.00. The molecule has 22 heavy (non-hydrogen) atoms. The molecule has 2 amide bonds. The van der Waals surface area contributed by atoms with Gasteiger partial charge in [-0.2, -0.15) is 0 Å². The van der Waals surface area contributed by atoms with Gasteiger partial charge in [-0.05, 0) is 31.2 Å². The Morgan fingerprint density at radius 1 is 1.18 bits per heavy atom. The number of hydrogen-bond acceptors (Lipinski definition) is 3. The number of nitrogens with zero attached hydrogens (tertiary/aromatic N) is 1. The number of ether oxygens (including phenoxy) is 1. The minimum Gasteiger partial charge on any atom is -0.468 e. The maximum absolute atomic E-state index is 12.4. The Morgan fingerprint density at radius 2 is 1.82 bits per heavy atom. The Bertz CT molecular complexity index is 546. The molecule has 1 heterocycles. The third-order valence-corrected chi connectivity index (χ3v) is 4.71. The molecule has 1 N–H and O–H groups in total. The lowest BCUT2D eigenvalue weighted by Crippen LogP contribution is -2.52. The van der Waals surface area contributed by atoms with Crippen LogP contribution in [0.15, 0.2) is 30.3 Å². The molecular formula is C17H22N2O3. The quantitative estimate of drug-likeness (QED) is 0.870. The first-order valence-corrected chi connectivity index (χ1v) is 7.85. The second-order valence-corrected chi connectivity index (χ2v) is 6.15. The highest BCUT2D eigenvalue weighted by molar-refractivity contribution is 5.84. The van der Waals surface area contributed by atoms with Crippen molar-refractivity contribution in [2.24, 2.45) is 0 Å². The van der Waals surface area contributed by atoms with Crippen LogP contribution in [0.5, 0.6) is 0 Å². The van der Waals surface area contributed by atoms with E-state index in [4.69, 9.17) is 4.74 Å². The number of urea groups is 1. The van der Waals surface area contributed by atoms with Crippen LogP contribution in [0.3, 0.4) is 0 Å². The molecule has 0 atom stereocenters. The number of piperidine rings is 1. The van der Waals surface area contributed by atoms with Crippen LogP contribution in [0.25, 0.3) is 0 Å². The predicted octanol–water partition coefficient (Wildman–Crippen LogP) is 2.07. The molecule has 118 valence electrons. The van der Waals surface area contributed by atoms with Gasteiger partial charge in [-0.3, -0.25) is 4.79 Å². The van der Waals surface area contributed by atoms with Crippen LogP contribution in [0, 0.1) is 0 Å². The molecule has 1 aliphatic carbocycles. The van der Waals surface area contributed by atoms with Gasteiger partial charge in [-0.1, -0.05) is 30.3 Å². The minimum atomic E-state index is -0.633. The van der Waals surface area contributed by atoms with Crippen LogP contribution < -0.4 is 5.32 Å². The third-order valence-electron chi connectivity index (χ3n) is 4.71. The van der Waals surface area contributed by atoms with Gasteiger partial charge in [0.05, 0.1) is 12.5 Å². The van der Waals surface area contributed by atoms with Crippen molar-refractivity contribution in [3.63, 3.8) is 0 Å². The van der Waals surface area contributed by atoms with E-state index >= 15 is 0 Å². The number of carbonyl (C=O) groups is 2. The lowest BCUT2D eigenvalue weighted by Gasteiger charge is -2.40. The Hall–Kier alpha value is -2.04. The van der Waals surface area contributed by atoms with Crippen LogP contribution >= 0.6 is 0 Å². The molecule has 5 heteroatoms. The van der Waals surface area contributed by atoms with Crippen molar-refractivity contribution < 1.29 is 14.3 Å². The summed E-state index contributed by atoms with van der Waals surface area (Å²) in [7, 11) is 1.43. The average molecular weight is 302 g/mol. The zero-order chi connectivity index (χ0) is 15.6. The molecule has 0 unspecified atom stereocenters. The summed E-state index contributed by atoms with van der Waals surface area (Å²) in [6, 6.07) is 10.1. The number of esters is 1. The molecular weight excluding hydrogens is 280 g/mol. The summed E-state index contributed by atoms with van der Waals surface area (Å²) in [5.41, 5.74) is 0.343. The normalized spacial score (nSPS) is 20.3. The van der Waals surface area contributed by atoms with Crippen molar-refractivity contribution in [1.29, 1.82) is 0 Å². The Kier molecular flexibility index (Phi) is 4.05. The van der Waals surface area contributed by atoms with Crippen LogP contribution in [-0.4, -0.2) is 43.1 Å². The molecule has 0 aromatic heterocycles. The van der Waals surface area contributed by atoms with E-state index in [1.54, 1.807) is 0 Å². The van der Waals surface area contributed by atoms with Crippen molar-refractivity contribution in [1.82, 2.24) is 10.2 Å². The van der Waals surface area contributed by atoms with Crippen LogP contribution in [0.2, 0.25) is 0 Å². The van der Waals surface area contributed by atoms with Gasteiger partial charge in [0.15, 0.2) is 0 Å². The van der Waals surface area contributed by atoms with Gasteiger partial charge in [0.25, 0.3) is 0 Å². The van der Waals surface area contributed by atoms with Crippen LogP contribution in [0.1, 0.15) is 31.2 Å². The predicted molar refractivity (Wildman–Crippen MR) is 82.5 cm³/mol. The van der Waals surface area contributed by atoms with E-state index in [0.29, 0.717) is 32.0 Å². The first-order valence-electron chi connectivity index (χ1n) is 7.85. The zero-order valence-electron chi connectivity index (χ0n) is 12.9. The standard InChI is InChI=1S/C17H22N2O3/c1-22-15(20)17(13-5-3-2-4-6-13)9-11-19(12-10-17)16(21)18-14-7-8-14/h2-6,14H,7-12H2,1H3,(H,18,21). The van der Waals surface area contributed by atoms with Crippen molar-refractivity contribution in [2.45, 2.75) is 37.1 Å². The van der Waals surface area contributed by atoms with Gasteiger partial charge in [-0.25, -0.2) is 4.79 Å². The summed E-state index contributed by atoms with van der Waals surface area (Å²) in [6.07, 6.45) is 3.36. The summed E-state index contributed by atoms with van der Waals surface area (Å²) >= 11 is 0. The van der Waals surface area contributed by atoms with E-state index in [1.807, 2.05) is 35.2 Å². The molecule has 3 rings (SSSR count). The van der Waals surface area contributed by atoms with Gasteiger partial charge in [0.2, 0.25) is 0 Å². The first kappa shape index (κ1) is 14.9. The van der Waals surface area contributed by atoms with Crippen molar-refractivity contribution in [2.75, 3.05) is 20.2 Å². The number of amides is 2. The maximum Gasteiger partial charge on any atom is 0.317 e. The number of hydrogen-bond donors (Lipinski definition) is 1. The monoisotopic (exact) mass is 302 g/mol. The van der Waals surface area contributed by atoms with Crippen molar-refractivity contribution in [3.05, 3.63) is 35.9 Å². The summed E-state index contributed by atoms with van der Waals surface area (Å²) in [4.78, 5) is 26.4. The minimum absolute atomic E-state index is 0.00553. The third kappa shape index (κ3) is 2.80. The largest absolute Gasteiger partial charge is 0.468 e. The first-order chi connectivity index (χ1) is 10.7. The average Bonchev–Trinajstić information content (AvgIpc) is 3.39. The second kappa shape index (κ2) is 5.99. The highest BCUT2D eigenvalue weighted by atomic mass is 16.5. The number of methoxy groups -OCH3 is 1. The second-order valence-electron chi connectivity index (χ2n) is 6.15. The lowest BCUT2D eigenvalue weighted by molar-refractivity contribution is -0.149. The number of nitrogens with one attached hydrogen (secondary N) is 1. The van der Waals surface area contributed by atoms with E-state index in [9.17, 15) is 9.59 Å². The fourth-order valence-electron chi connectivity index (χ4n) is 3.15. The van der Waals surface area contributed by atoms with Gasteiger partial charge < -0.3 is 15.0 Å². The van der Waals surface area contributed by atoms with E-state index in [1.165, 1.54) is 7.11 Å². The van der Waals surface area contributed by atoms with Crippen LogP contribution in [-0.2, 0) is 14.9 Å². The molecule has 0 spiro atoms. The van der Waals surface area contributed by atoms with Gasteiger partial charge in [0.1, 0.15) is 0 Å². The molecule has 2 aliphatic rings. The Labute approximate surface area is 130 Å². The summed E-state index contributed by atoms with van der Waals surface area (Å²) in [6.45, 7) is 1.14. The van der Waals surface area contributed by atoms with E-state index < -0.39 is 5.41 Å². The highest BCUT2D eigenvalue weighted by Gasteiger charge is 2.45.